The number of methoxy groups -OCH3 is 1. The van der Waals surface area contributed by atoms with Crippen LogP contribution in [-0.2, 0) is 10.0 Å². The summed E-state index contributed by atoms with van der Waals surface area (Å²) in [5.41, 5.74) is 0.261. The Hall–Kier alpha value is -1.44. The number of hydrogen-bond donors (Lipinski definition) is 1. The lowest BCUT2D eigenvalue weighted by atomic mass is 10.1. The van der Waals surface area contributed by atoms with Crippen molar-refractivity contribution in [3.8, 4) is 16.3 Å². The van der Waals surface area contributed by atoms with Crippen LogP contribution in [0, 0.1) is 0 Å². The van der Waals surface area contributed by atoms with Crippen molar-refractivity contribution in [3.63, 3.8) is 0 Å². The highest BCUT2D eigenvalue weighted by Gasteiger charge is 2.24. The summed E-state index contributed by atoms with van der Waals surface area (Å²) in [7, 11) is -1.98. The molecule has 0 atom stereocenters. The molecule has 5 nitrogen and oxygen atoms in total. The summed E-state index contributed by atoms with van der Waals surface area (Å²) in [4.78, 5) is 4.92. The number of rotatable bonds is 4. The molecular weight excluding hydrogens is 308 g/mol. The SMILES string of the molecule is COc1ncccc1-c1ccc(S(=O)(=O)NC(C)(C)C)s1. The Labute approximate surface area is 129 Å². The zero-order chi connectivity index (χ0) is 15.7. The molecule has 0 unspecified atom stereocenters. The minimum absolute atomic E-state index is 0.276. The Balaban J connectivity index is 2.39. The van der Waals surface area contributed by atoms with Crippen molar-refractivity contribution < 1.29 is 13.2 Å². The van der Waals surface area contributed by atoms with Crippen molar-refractivity contribution in [2.24, 2.45) is 0 Å². The van der Waals surface area contributed by atoms with Crippen LogP contribution >= 0.6 is 11.3 Å². The summed E-state index contributed by atoms with van der Waals surface area (Å²) >= 11 is 1.19. The molecule has 0 amide bonds. The number of aromatic nitrogens is 1. The summed E-state index contributed by atoms with van der Waals surface area (Å²) in [6.07, 6.45) is 1.63. The quantitative estimate of drug-likeness (QED) is 0.938. The molecule has 0 spiro atoms. The van der Waals surface area contributed by atoms with E-state index in [0.29, 0.717) is 5.88 Å². The lowest BCUT2D eigenvalue weighted by molar-refractivity contribution is 0.400. The molecule has 0 aliphatic rings. The van der Waals surface area contributed by atoms with E-state index in [9.17, 15) is 8.42 Å². The fraction of sp³-hybridized carbons (Fsp3) is 0.357. The van der Waals surface area contributed by atoms with Crippen molar-refractivity contribution in [3.05, 3.63) is 30.5 Å². The summed E-state index contributed by atoms with van der Waals surface area (Å²) in [6.45, 7) is 5.43. The second kappa shape index (κ2) is 5.75. The molecule has 0 aliphatic carbocycles. The van der Waals surface area contributed by atoms with Crippen LogP contribution in [0.15, 0.2) is 34.7 Å². The maximum atomic E-state index is 12.3. The molecule has 1 N–H and O–H groups in total. The molecular formula is C14H18N2O3S2. The second-order valence-corrected chi connectivity index (χ2v) is 8.53. The fourth-order valence-corrected chi connectivity index (χ4v) is 4.55. The van der Waals surface area contributed by atoms with Crippen LogP contribution in [-0.4, -0.2) is 26.1 Å². The van der Waals surface area contributed by atoms with E-state index in [4.69, 9.17) is 4.74 Å². The highest BCUT2D eigenvalue weighted by Crippen LogP contribution is 2.35. The van der Waals surface area contributed by atoms with Gasteiger partial charge in [-0.25, -0.2) is 18.1 Å². The summed E-state index contributed by atoms with van der Waals surface area (Å²) in [5.74, 6) is 0.479. The van der Waals surface area contributed by atoms with Crippen LogP contribution in [0.2, 0.25) is 0 Å². The van der Waals surface area contributed by atoms with E-state index < -0.39 is 15.6 Å². The maximum Gasteiger partial charge on any atom is 0.250 e. The summed E-state index contributed by atoms with van der Waals surface area (Å²) in [6, 6.07) is 7.01. The summed E-state index contributed by atoms with van der Waals surface area (Å²) < 4.78 is 32.7. The van der Waals surface area contributed by atoms with Crippen molar-refractivity contribution >= 4 is 21.4 Å². The first-order valence-corrected chi connectivity index (χ1v) is 8.66. The predicted octanol–water partition coefficient (Wildman–Crippen LogP) is 2.90. The number of hydrogen-bond acceptors (Lipinski definition) is 5. The standard InChI is InChI=1S/C14H18N2O3S2/c1-14(2,3)16-21(17,18)12-8-7-11(20-12)10-6-5-9-15-13(10)19-4/h5-9,16H,1-4H3. The Bertz CT molecular complexity index is 731. The zero-order valence-corrected chi connectivity index (χ0v) is 14.0. The van der Waals surface area contributed by atoms with Crippen molar-refractivity contribution in [1.82, 2.24) is 9.71 Å². The van der Waals surface area contributed by atoms with Gasteiger partial charge in [-0.05, 0) is 45.0 Å². The van der Waals surface area contributed by atoms with Crippen LogP contribution < -0.4 is 9.46 Å². The van der Waals surface area contributed by atoms with Gasteiger partial charge in [0.15, 0.2) is 0 Å². The van der Waals surface area contributed by atoms with Gasteiger partial charge in [-0.2, -0.15) is 0 Å². The van der Waals surface area contributed by atoms with Crippen LogP contribution in [0.5, 0.6) is 5.88 Å². The Morgan fingerprint density at radius 1 is 1.24 bits per heavy atom. The van der Waals surface area contributed by atoms with Gasteiger partial charge >= 0.3 is 0 Å². The average Bonchev–Trinajstić information content (AvgIpc) is 2.86. The highest BCUT2D eigenvalue weighted by atomic mass is 32.2. The van der Waals surface area contributed by atoms with Gasteiger partial charge < -0.3 is 4.74 Å². The topological polar surface area (TPSA) is 68.3 Å². The third kappa shape index (κ3) is 3.81. The lowest BCUT2D eigenvalue weighted by Crippen LogP contribution is -2.40. The molecule has 0 aromatic carbocycles. The minimum Gasteiger partial charge on any atom is -0.481 e. The van der Waals surface area contributed by atoms with Crippen molar-refractivity contribution in [1.29, 1.82) is 0 Å². The fourth-order valence-electron chi connectivity index (χ4n) is 1.80. The van der Waals surface area contributed by atoms with E-state index in [2.05, 4.69) is 9.71 Å². The Morgan fingerprint density at radius 2 is 1.95 bits per heavy atom. The number of nitrogens with one attached hydrogen (secondary N) is 1. The molecule has 0 saturated carbocycles. The van der Waals surface area contributed by atoms with E-state index in [1.54, 1.807) is 24.4 Å². The molecule has 0 aliphatic heterocycles. The second-order valence-electron chi connectivity index (χ2n) is 5.53. The van der Waals surface area contributed by atoms with E-state index in [1.165, 1.54) is 18.4 Å². The lowest BCUT2D eigenvalue weighted by Gasteiger charge is -2.19. The smallest absolute Gasteiger partial charge is 0.250 e. The van der Waals surface area contributed by atoms with E-state index >= 15 is 0 Å². The third-order valence-electron chi connectivity index (χ3n) is 2.52. The Kier molecular flexibility index (Phi) is 4.36. The van der Waals surface area contributed by atoms with Gasteiger partial charge in [0.2, 0.25) is 5.88 Å². The van der Waals surface area contributed by atoms with Gasteiger partial charge in [-0.1, -0.05) is 0 Å². The first kappa shape index (κ1) is 15.9. The van der Waals surface area contributed by atoms with E-state index in [0.717, 1.165) is 10.4 Å². The number of ether oxygens (including phenoxy) is 1. The van der Waals surface area contributed by atoms with Gasteiger partial charge in [0, 0.05) is 16.6 Å². The van der Waals surface area contributed by atoms with Gasteiger partial charge in [0.1, 0.15) is 4.21 Å². The molecule has 0 saturated heterocycles. The third-order valence-corrected chi connectivity index (χ3v) is 5.89. The monoisotopic (exact) mass is 326 g/mol. The average molecular weight is 326 g/mol. The molecule has 0 bridgehead atoms. The highest BCUT2D eigenvalue weighted by molar-refractivity contribution is 7.91. The predicted molar refractivity (Wildman–Crippen MR) is 84.2 cm³/mol. The number of nitrogens with zero attached hydrogens (tertiary/aromatic N) is 1. The molecule has 2 aromatic heterocycles. The number of sulfonamides is 1. The molecule has 2 aromatic rings. The van der Waals surface area contributed by atoms with Gasteiger partial charge in [0.05, 0.1) is 12.7 Å². The molecule has 2 rings (SSSR count). The number of pyridine rings is 1. The maximum absolute atomic E-state index is 12.3. The Morgan fingerprint density at radius 3 is 2.57 bits per heavy atom. The molecule has 0 radical (unpaired) electrons. The van der Waals surface area contributed by atoms with E-state index in [-0.39, 0.29) is 4.21 Å². The minimum atomic E-state index is -3.52. The van der Waals surface area contributed by atoms with E-state index in [1.807, 2.05) is 26.8 Å². The van der Waals surface area contributed by atoms with Gasteiger partial charge in [-0.3, -0.25) is 0 Å². The molecule has 7 heteroatoms. The zero-order valence-electron chi connectivity index (χ0n) is 12.4. The first-order valence-electron chi connectivity index (χ1n) is 6.36. The van der Waals surface area contributed by atoms with Crippen LogP contribution in [0.4, 0.5) is 0 Å². The summed E-state index contributed by atoms with van der Waals surface area (Å²) in [5, 5.41) is 0. The van der Waals surface area contributed by atoms with Crippen LogP contribution in [0.3, 0.4) is 0 Å². The van der Waals surface area contributed by atoms with Crippen molar-refractivity contribution in [2.75, 3.05) is 7.11 Å². The normalized spacial score (nSPS) is 12.4. The van der Waals surface area contributed by atoms with Crippen LogP contribution in [0.1, 0.15) is 20.8 Å². The molecule has 2 heterocycles. The number of thiophene rings is 1. The first-order chi connectivity index (χ1) is 9.73. The molecule has 21 heavy (non-hydrogen) atoms. The largest absolute Gasteiger partial charge is 0.481 e. The van der Waals surface area contributed by atoms with Gasteiger partial charge in [0.25, 0.3) is 10.0 Å². The van der Waals surface area contributed by atoms with Gasteiger partial charge in [-0.15, -0.1) is 11.3 Å². The molecule has 114 valence electrons. The molecule has 0 fully saturated rings. The van der Waals surface area contributed by atoms with Crippen molar-refractivity contribution in [2.45, 2.75) is 30.5 Å². The van der Waals surface area contributed by atoms with Crippen LogP contribution in [0.25, 0.3) is 10.4 Å².